The van der Waals surface area contributed by atoms with Gasteiger partial charge in [0.15, 0.2) is 0 Å². The Morgan fingerprint density at radius 2 is 0.909 bits per heavy atom. The highest BCUT2D eigenvalue weighted by atomic mass is 35.5. The predicted molar refractivity (Wildman–Crippen MR) is 407 cm³/mol. The van der Waals surface area contributed by atoms with Gasteiger partial charge in [-0.1, -0.05) is 175 Å². The van der Waals surface area contributed by atoms with Crippen LogP contribution in [0.3, 0.4) is 0 Å². The van der Waals surface area contributed by atoms with Gasteiger partial charge in [-0.25, -0.2) is 34.3 Å². The van der Waals surface area contributed by atoms with Crippen molar-refractivity contribution in [1.29, 1.82) is 0 Å². The minimum Gasteiger partial charge on any atom is -0.506 e. The second kappa shape index (κ2) is 41.0. The van der Waals surface area contributed by atoms with Crippen LogP contribution in [0, 0.1) is 17.7 Å². The van der Waals surface area contributed by atoms with Crippen molar-refractivity contribution in [3.8, 4) is 39.5 Å². The zero-order chi connectivity index (χ0) is 68.5. The first-order valence-corrected chi connectivity index (χ1v) is 38.2. The molecule has 2 fully saturated rings. The summed E-state index contributed by atoms with van der Waals surface area (Å²) in [5.41, 5.74) is 13.8. The molecule has 2 aliphatic carbocycles. The molecular weight excluding hydrogens is 1260 g/mol. The van der Waals surface area contributed by atoms with Crippen LogP contribution in [0.1, 0.15) is 179 Å². The zero-order valence-corrected chi connectivity index (χ0v) is 60.3. The van der Waals surface area contributed by atoms with Crippen LogP contribution in [0.25, 0.3) is 33.8 Å². The van der Waals surface area contributed by atoms with E-state index in [0.29, 0.717) is 5.02 Å². The summed E-state index contributed by atoms with van der Waals surface area (Å²) >= 11 is 7.83. The summed E-state index contributed by atoms with van der Waals surface area (Å²) in [6.45, 7) is 11.2. The molecule has 5 heterocycles. The third-order valence-corrected chi connectivity index (χ3v) is 20.8. The van der Waals surface area contributed by atoms with Crippen LogP contribution in [-0.4, -0.2) is 76.0 Å². The van der Waals surface area contributed by atoms with Crippen LogP contribution >= 0.6 is 22.9 Å². The van der Waals surface area contributed by atoms with E-state index in [9.17, 15) is 9.50 Å². The summed E-state index contributed by atoms with van der Waals surface area (Å²) in [6, 6.07) is 55.0. The van der Waals surface area contributed by atoms with Gasteiger partial charge in [0, 0.05) is 84.4 Å². The highest BCUT2D eigenvalue weighted by Gasteiger charge is 2.18. The van der Waals surface area contributed by atoms with E-state index in [1.165, 1.54) is 123 Å². The minimum absolute atomic E-state index is 0.117. The van der Waals surface area contributed by atoms with Crippen LogP contribution in [0.4, 0.5) is 4.39 Å². The third kappa shape index (κ3) is 25.7. The fourth-order valence-corrected chi connectivity index (χ4v) is 14.8. The van der Waals surface area contributed by atoms with E-state index in [1.54, 1.807) is 18.2 Å². The number of hydrogen-bond acceptors (Lipinski definition) is 11. The molecule has 0 spiro atoms. The fraction of sp³-hybridized carbons (Fsp3) is 0.407. The highest BCUT2D eigenvalue weighted by molar-refractivity contribution is 7.09. The number of phenols is 1. The Balaban J connectivity index is 0.000000161. The molecule has 10 aromatic rings. The van der Waals surface area contributed by atoms with E-state index in [1.807, 2.05) is 84.7 Å². The maximum atomic E-state index is 13.4. The monoisotopic (exact) mass is 1360 g/mol. The van der Waals surface area contributed by atoms with E-state index in [4.69, 9.17) is 26.6 Å². The Morgan fingerprint density at radius 3 is 1.39 bits per heavy atom. The van der Waals surface area contributed by atoms with E-state index >= 15 is 0 Å². The standard InChI is InChI=1S/C30H38FN3.C28H28ClN3O.C28H37N3S/c1-2-34(20-18-24-9-4-3-5-10-24)23-26-13-6-14-27(21-26)29-17-19-32-30(33-29)16-8-12-25-11-7-15-28(31)22-25;29-25-20-22(14-15-27(25)33)9-6-13-28-31-18-16-26(32-28)23-10-5-8-21(19-23)7-1-2-11-24-12-3-4-17-30-24;1-2-31(19-17-23-9-4-3-5-10-23)22-24-11-6-12-25(21-24)27-16-18-29-28(30-27)15-7-13-26-14-8-20-32-26/h6-7,11,13-15,17,19,21-22,24H,2-5,8-10,12,16,18,20,23H2,1H3;3-5,8,10,12,14-20,33H,1-2,6-7,9,11,13H2;6,8,11-12,14,16,18,20-21,23H,2-5,7,9-10,13,15,17,19,22H2,1H3. The lowest BCUT2D eigenvalue weighted by atomic mass is 9.87. The Bertz CT molecular complexity index is 3950. The van der Waals surface area contributed by atoms with E-state index in [2.05, 4.69) is 140 Å². The third-order valence-electron chi connectivity index (χ3n) is 19.6. The second-order valence-electron chi connectivity index (χ2n) is 27.1. The lowest BCUT2D eigenvalue weighted by molar-refractivity contribution is 0.234. The number of hydrogen-bond donors (Lipinski definition) is 1. The SMILES string of the molecule is CCN(CCC1CCCCC1)Cc1cccc(-c2ccnc(CCCc3cccc(F)c3)n2)c1.CCN(CCC1CCCCC1)Cc1cccc(-c2ccnc(CCCc3cccs3)n2)c1.Oc1ccc(CCCc2nccc(-c3cccc(CCCCc4ccccn4)c3)n2)cc1Cl. The van der Waals surface area contributed by atoms with E-state index < -0.39 is 0 Å². The van der Waals surface area contributed by atoms with Crippen molar-refractivity contribution < 1.29 is 9.50 Å². The summed E-state index contributed by atoms with van der Waals surface area (Å²) < 4.78 is 13.4. The van der Waals surface area contributed by atoms with Gasteiger partial charge in [-0.15, -0.1) is 11.3 Å². The van der Waals surface area contributed by atoms with Crippen molar-refractivity contribution in [2.45, 2.75) is 187 Å². The maximum absolute atomic E-state index is 13.4. The Hall–Kier alpha value is -7.87. The molecule has 12 rings (SSSR count). The number of halogens is 2. The van der Waals surface area contributed by atoms with Crippen molar-refractivity contribution in [2.75, 3.05) is 26.2 Å². The lowest BCUT2D eigenvalue weighted by Gasteiger charge is -2.26. The first-order valence-electron chi connectivity index (χ1n) is 37.0. The molecule has 0 bridgehead atoms. The summed E-state index contributed by atoms with van der Waals surface area (Å²) in [5.74, 6) is 4.46. The molecule has 518 valence electrons. The first kappa shape index (κ1) is 73.8. The first-order chi connectivity index (χ1) is 48.7. The van der Waals surface area contributed by atoms with Crippen LogP contribution in [0.15, 0.2) is 194 Å². The van der Waals surface area contributed by atoms with Gasteiger partial charge in [0.05, 0.1) is 22.1 Å². The van der Waals surface area contributed by atoms with Crippen LogP contribution in [0.2, 0.25) is 5.02 Å². The molecule has 2 aliphatic rings. The Labute approximate surface area is 599 Å². The van der Waals surface area contributed by atoms with Crippen LogP contribution < -0.4 is 0 Å². The number of pyridine rings is 1. The number of rotatable bonds is 32. The molecule has 0 radical (unpaired) electrons. The average Bonchev–Trinajstić information content (AvgIpc) is 0.978. The molecule has 0 atom stereocenters. The van der Waals surface area contributed by atoms with Gasteiger partial charge in [-0.05, 0) is 227 Å². The van der Waals surface area contributed by atoms with Crippen molar-refractivity contribution in [2.24, 2.45) is 11.8 Å². The van der Waals surface area contributed by atoms with Crippen molar-refractivity contribution in [3.63, 3.8) is 0 Å². The van der Waals surface area contributed by atoms with Crippen molar-refractivity contribution in [3.05, 3.63) is 261 Å². The number of aromatic nitrogens is 7. The number of unbranched alkanes of at least 4 members (excludes halogenated alkanes) is 1. The summed E-state index contributed by atoms with van der Waals surface area (Å²) in [4.78, 5) is 39.0. The molecule has 5 aromatic carbocycles. The maximum Gasteiger partial charge on any atom is 0.134 e. The number of thiophene rings is 1. The quantitative estimate of drug-likeness (QED) is 0.0409. The molecule has 0 unspecified atom stereocenters. The lowest BCUT2D eigenvalue weighted by Crippen LogP contribution is -2.26. The number of aromatic hydroxyl groups is 1. The molecule has 10 nitrogen and oxygen atoms in total. The molecule has 0 aliphatic heterocycles. The van der Waals surface area contributed by atoms with Gasteiger partial charge in [0.2, 0.25) is 0 Å². The summed E-state index contributed by atoms with van der Waals surface area (Å²) in [5, 5.41) is 12.1. The molecule has 2 saturated carbocycles. The molecule has 13 heteroatoms. The molecular formula is C86H103ClFN9OS. The number of nitrogens with zero attached hydrogens (tertiary/aromatic N) is 9. The van der Waals surface area contributed by atoms with Crippen LogP contribution in [-0.2, 0) is 64.5 Å². The predicted octanol–water partition coefficient (Wildman–Crippen LogP) is 21.1. The van der Waals surface area contributed by atoms with Gasteiger partial charge >= 0.3 is 0 Å². The molecule has 99 heavy (non-hydrogen) atoms. The smallest absolute Gasteiger partial charge is 0.134 e. The van der Waals surface area contributed by atoms with Crippen LogP contribution in [0.5, 0.6) is 5.75 Å². The van der Waals surface area contributed by atoms with E-state index in [-0.39, 0.29) is 11.6 Å². The number of benzene rings is 5. The fourth-order valence-electron chi connectivity index (χ4n) is 13.8. The largest absolute Gasteiger partial charge is 0.506 e. The zero-order valence-electron chi connectivity index (χ0n) is 58.7. The number of aryl methyl sites for hydroxylation is 8. The summed E-state index contributed by atoms with van der Waals surface area (Å²) in [6.07, 6.45) is 37.0. The normalized spacial score (nSPS) is 13.4. The van der Waals surface area contributed by atoms with Gasteiger partial charge in [0.1, 0.15) is 29.0 Å². The summed E-state index contributed by atoms with van der Waals surface area (Å²) in [7, 11) is 0. The van der Waals surface area contributed by atoms with Gasteiger partial charge in [-0.3, -0.25) is 14.8 Å². The second-order valence-corrected chi connectivity index (χ2v) is 28.5. The molecule has 0 amide bonds. The molecule has 0 saturated heterocycles. The van der Waals surface area contributed by atoms with Gasteiger partial charge in [0.25, 0.3) is 0 Å². The number of phenolic OH excluding ortho intramolecular Hbond substituents is 1. The Morgan fingerprint density at radius 1 is 0.434 bits per heavy atom. The Kier molecular flexibility index (Phi) is 30.6. The van der Waals surface area contributed by atoms with Gasteiger partial charge < -0.3 is 5.11 Å². The molecule has 5 aromatic heterocycles. The molecule has 1 N–H and O–H groups in total. The topological polar surface area (TPSA) is 117 Å². The average molecular weight is 1370 g/mol. The van der Waals surface area contributed by atoms with Crippen molar-refractivity contribution in [1.82, 2.24) is 44.7 Å². The van der Waals surface area contributed by atoms with Gasteiger partial charge in [-0.2, -0.15) is 0 Å². The highest BCUT2D eigenvalue weighted by Crippen LogP contribution is 2.30. The van der Waals surface area contributed by atoms with E-state index in [0.717, 1.165) is 184 Å². The van der Waals surface area contributed by atoms with Crippen molar-refractivity contribution >= 4 is 22.9 Å². The minimum atomic E-state index is -0.175.